The molecule has 162 valence electrons. The first-order valence-corrected chi connectivity index (χ1v) is 11.1. The topological polar surface area (TPSA) is 67.4 Å². The van der Waals surface area contributed by atoms with E-state index in [1.165, 1.54) is 5.56 Å². The van der Waals surface area contributed by atoms with Crippen molar-refractivity contribution in [2.75, 3.05) is 29.9 Å². The standard InChI is InChI=1S/C25H30N4O2/c1-4-14-31-25-23(26-21-9-5-6-10-22(21)28-25)29-13-7-8-19(16-29)24(30)27-20-12-11-17(2)15-18(20)3/h5-6,9-12,15,19H,4,7-8,13-14,16H2,1-3H3,(H,27,30)/t19-/m1/s1. The lowest BCUT2D eigenvalue weighted by molar-refractivity contribution is -0.120. The van der Waals surface area contributed by atoms with Gasteiger partial charge in [0.05, 0.1) is 23.6 Å². The minimum Gasteiger partial charge on any atom is -0.475 e. The zero-order valence-electron chi connectivity index (χ0n) is 18.5. The number of aryl methyl sites for hydroxylation is 2. The number of nitrogens with one attached hydrogen (secondary N) is 1. The summed E-state index contributed by atoms with van der Waals surface area (Å²) in [5.74, 6) is 1.23. The molecule has 2 aromatic carbocycles. The van der Waals surface area contributed by atoms with Gasteiger partial charge >= 0.3 is 0 Å². The van der Waals surface area contributed by atoms with Crippen LogP contribution < -0.4 is 15.0 Å². The summed E-state index contributed by atoms with van der Waals surface area (Å²) in [6, 6.07) is 13.9. The van der Waals surface area contributed by atoms with Crippen LogP contribution in [0, 0.1) is 19.8 Å². The Hall–Kier alpha value is -3.15. The van der Waals surface area contributed by atoms with E-state index in [0.29, 0.717) is 19.0 Å². The van der Waals surface area contributed by atoms with Crippen LogP contribution in [0.2, 0.25) is 0 Å². The van der Waals surface area contributed by atoms with Crippen LogP contribution in [0.4, 0.5) is 11.5 Å². The van der Waals surface area contributed by atoms with Crippen LogP contribution in [0.1, 0.15) is 37.3 Å². The molecule has 0 bridgehead atoms. The van der Waals surface area contributed by atoms with E-state index in [-0.39, 0.29) is 11.8 Å². The lowest BCUT2D eigenvalue weighted by atomic mass is 9.96. The van der Waals surface area contributed by atoms with Crippen molar-refractivity contribution < 1.29 is 9.53 Å². The first kappa shape index (κ1) is 21.1. The summed E-state index contributed by atoms with van der Waals surface area (Å²) in [5.41, 5.74) is 4.80. The van der Waals surface area contributed by atoms with Crippen molar-refractivity contribution in [2.24, 2.45) is 5.92 Å². The van der Waals surface area contributed by atoms with Gasteiger partial charge in [0, 0.05) is 18.8 Å². The highest BCUT2D eigenvalue weighted by atomic mass is 16.5. The molecule has 1 aliphatic heterocycles. The number of benzene rings is 2. The molecule has 0 unspecified atom stereocenters. The molecular weight excluding hydrogens is 388 g/mol. The predicted octanol–water partition coefficient (Wildman–Crippen LogP) is 4.89. The second-order valence-corrected chi connectivity index (χ2v) is 8.28. The van der Waals surface area contributed by atoms with Gasteiger partial charge < -0.3 is 15.0 Å². The average molecular weight is 419 g/mol. The van der Waals surface area contributed by atoms with E-state index >= 15 is 0 Å². The monoisotopic (exact) mass is 418 g/mol. The Balaban J connectivity index is 1.56. The molecule has 1 N–H and O–H groups in total. The summed E-state index contributed by atoms with van der Waals surface area (Å²) in [5, 5.41) is 3.12. The number of nitrogens with zero attached hydrogens (tertiary/aromatic N) is 3. The Labute approximate surface area is 183 Å². The van der Waals surface area contributed by atoms with E-state index in [0.717, 1.165) is 53.9 Å². The van der Waals surface area contributed by atoms with E-state index in [4.69, 9.17) is 14.7 Å². The van der Waals surface area contributed by atoms with Crippen molar-refractivity contribution in [2.45, 2.75) is 40.0 Å². The number of carbonyl (C=O) groups is 1. The van der Waals surface area contributed by atoms with Crippen molar-refractivity contribution in [3.8, 4) is 5.88 Å². The quantitative estimate of drug-likeness (QED) is 0.617. The van der Waals surface area contributed by atoms with Gasteiger partial charge in [0.2, 0.25) is 5.91 Å². The van der Waals surface area contributed by atoms with Crippen molar-refractivity contribution in [1.82, 2.24) is 9.97 Å². The van der Waals surface area contributed by atoms with Gasteiger partial charge in [-0.2, -0.15) is 0 Å². The van der Waals surface area contributed by atoms with Crippen LogP contribution in [-0.2, 0) is 4.79 Å². The van der Waals surface area contributed by atoms with Gasteiger partial charge in [-0.1, -0.05) is 36.8 Å². The van der Waals surface area contributed by atoms with Crippen molar-refractivity contribution in [3.63, 3.8) is 0 Å². The highest BCUT2D eigenvalue weighted by Gasteiger charge is 2.29. The molecule has 0 saturated carbocycles. The predicted molar refractivity (Wildman–Crippen MR) is 125 cm³/mol. The Morgan fingerprint density at radius 1 is 1.16 bits per heavy atom. The number of amides is 1. The van der Waals surface area contributed by atoms with Crippen LogP contribution >= 0.6 is 0 Å². The highest BCUT2D eigenvalue weighted by Crippen LogP contribution is 2.31. The third kappa shape index (κ3) is 4.79. The second kappa shape index (κ2) is 9.33. The number of carbonyl (C=O) groups excluding carboxylic acids is 1. The smallest absolute Gasteiger partial charge is 0.258 e. The number of ether oxygens (including phenoxy) is 1. The number of hydrogen-bond donors (Lipinski definition) is 1. The van der Waals surface area contributed by atoms with Crippen LogP contribution in [-0.4, -0.2) is 35.6 Å². The summed E-state index contributed by atoms with van der Waals surface area (Å²) in [6.07, 6.45) is 2.68. The van der Waals surface area contributed by atoms with Gasteiger partial charge in [-0.25, -0.2) is 9.97 Å². The van der Waals surface area contributed by atoms with Crippen molar-refractivity contribution in [3.05, 3.63) is 53.6 Å². The summed E-state index contributed by atoms with van der Waals surface area (Å²) in [7, 11) is 0. The summed E-state index contributed by atoms with van der Waals surface area (Å²) in [4.78, 5) is 24.8. The summed E-state index contributed by atoms with van der Waals surface area (Å²) in [6.45, 7) is 8.18. The lowest BCUT2D eigenvalue weighted by Crippen LogP contribution is -2.41. The van der Waals surface area contributed by atoms with Gasteiger partial charge in [0.25, 0.3) is 5.88 Å². The zero-order valence-corrected chi connectivity index (χ0v) is 18.5. The lowest BCUT2D eigenvalue weighted by Gasteiger charge is -2.33. The molecule has 1 atom stereocenters. The first-order valence-electron chi connectivity index (χ1n) is 11.1. The fourth-order valence-electron chi connectivity index (χ4n) is 4.05. The fraction of sp³-hybridized carbons (Fsp3) is 0.400. The molecule has 1 amide bonds. The Kier molecular flexibility index (Phi) is 6.35. The molecule has 31 heavy (non-hydrogen) atoms. The van der Waals surface area contributed by atoms with Crippen LogP contribution in [0.3, 0.4) is 0 Å². The number of rotatable bonds is 6. The van der Waals surface area contributed by atoms with Gasteiger partial charge in [-0.05, 0) is 56.9 Å². The molecule has 3 aromatic rings. The molecular formula is C25H30N4O2. The maximum atomic E-state index is 13.0. The maximum Gasteiger partial charge on any atom is 0.258 e. The van der Waals surface area contributed by atoms with E-state index in [9.17, 15) is 4.79 Å². The third-order valence-electron chi connectivity index (χ3n) is 5.70. The SMILES string of the molecule is CCCOc1nc2ccccc2nc1N1CCC[C@@H](C(=O)Nc2ccc(C)cc2C)C1. The number of aromatic nitrogens is 2. The molecule has 6 nitrogen and oxygen atoms in total. The fourth-order valence-corrected chi connectivity index (χ4v) is 4.05. The van der Waals surface area contributed by atoms with Gasteiger partial charge in [-0.15, -0.1) is 0 Å². The number of hydrogen-bond acceptors (Lipinski definition) is 5. The molecule has 1 aliphatic rings. The molecule has 6 heteroatoms. The van der Waals surface area contributed by atoms with Crippen LogP contribution in [0.25, 0.3) is 11.0 Å². The Morgan fingerprint density at radius 2 is 1.94 bits per heavy atom. The van der Waals surface area contributed by atoms with Crippen molar-refractivity contribution >= 4 is 28.4 Å². The average Bonchev–Trinajstić information content (AvgIpc) is 2.79. The minimum atomic E-state index is -0.109. The van der Waals surface area contributed by atoms with Gasteiger partial charge in [0.15, 0.2) is 5.82 Å². The number of para-hydroxylation sites is 2. The van der Waals surface area contributed by atoms with E-state index in [1.54, 1.807) is 0 Å². The molecule has 1 saturated heterocycles. The molecule has 2 heterocycles. The largest absolute Gasteiger partial charge is 0.475 e. The molecule has 1 aromatic heterocycles. The van der Waals surface area contributed by atoms with Gasteiger partial charge in [-0.3, -0.25) is 4.79 Å². The van der Waals surface area contributed by atoms with Crippen LogP contribution in [0.15, 0.2) is 42.5 Å². The highest BCUT2D eigenvalue weighted by molar-refractivity contribution is 5.93. The van der Waals surface area contributed by atoms with Gasteiger partial charge in [0.1, 0.15) is 0 Å². The second-order valence-electron chi connectivity index (χ2n) is 8.28. The van der Waals surface area contributed by atoms with E-state index < -0.39 is 0 Å². The Morgan fingerprint density at radius 3 is 2.68 bits per heavy atom. The van der Waals surface area contributed by atoms with Crippen molar-refractivity contribution in [1.29, 1.82) is 0 Å². The number of anilines is 2. The summed E-state index contributed by atoms with van der Waals surface area (Å²) >= 11 is 0. The normalized spacial score (nSPS) is 16.4. The summed E-state index contributed by atoms with van der Waals surface area (Å²) < 4.78 is 5.95. The zero-order chi connectivity index (χ0) is 21.8. The first-order chi connectivity index (χ1) is 15.0. The van der Waals surface area contributed by atoms with Crippen LogP contribution in [0.5, 0.6) is 5.88 Å². The molecule has 4 rings (SSSR count). The molecule has 1 fully saturated rings. The third-order valence-corrected chi connectivity index (χ3v) is 5.70. The van der Waals surface area contributed by atoms with E-state index in [1.807, 2.05) is 43.3 Å². The molecule has 0 aliphatic carbocycles. The number of piperidine rings is 1. The molecule has 0 spiro atoms. The Bertz CT molecular complexity index is 1080. The van der Waals surface area contributed by atoms with E-state index in [2.05, 4.69) is 30.1 Å². The maximum absolute atomic E-state index is 13.0. The minimum absolute atomic E-state index is 0.0569. The number of fused-ring (bicyclic) bond motifs is 1. The molecule has 0 radical (unpaired) electrons.